The molecule has 1 heterocycles. The summed E-state index contributed by atoms with van der Waals surface area (Å²) in [4.78, 5) is 0. The fraction of sp³-hybridized carbons (Fsp3) is 0.385. The van der Waals surface area contributed by atoms with E-state index in [2.05, 4.69) is 58.4 Å². The smallest absolute Gasteiger partial charge is 0.121 e. The number of aromatic nitrogens is 2. The van der Waals surface area contributed by atoms with Gasteiger partial charge < -0.3 is 5.32 Å². The van der Waals surface area contributed by atoms with Gasteiger partial charge in [-0.3, -0.25) is 0 Å². The third-order valence-corrected chi connectivity index (χ3v) is 2.98. The average molecular weight is 231 g/mol. The zero-order valence-corrected chi connectivity index (χ0v) is 10.4. The van der Waals surface area contributed by atoms with Crippen LogP contribution in [0.15, 0.2) is 28.9 Å². The molecule has 1 N–H and O–H groups in total. The lowest BCUT2D eigenvalue weighted by atomic mass is 10.0. The molecule has 17 heavy (non-hydrogen) atoms. The van der Waals surface area contributed by atoms with Gasteiger partial charge >= 0.3 is 0 Å². The van der Waals surface area contributed by atoms with Crippen molar-refractivity contribution in [3.8, 4) is 0 Å². The summed E-state index contributed by atoms with van der Waals surface area (Å²) in [6.45, 7) is 6.83. The number of aryl methyl sites for hydroxylation is 2. The highest BCUT2D eigenvalue weighted by atomic mass is 16.6. The summed E-state index contributed by atoms with van der Waals surface area (Å²) in [5.74, 6) is 0. The molecule has 0 aliphatic carbocycles. The average Bonchev–Trinajstić information content (AvgIpc) is 2.72. The van der Waals surface area contributed by atoms with Crippen LogP contribution < -0.4 is 5.32 Å². The van der Waals surface area contributed by atoms with Crippen molar-refractivity contribution < 1.29 is 4.63 Å². The number of nitrogens with zero attached hydrogens (tertiary/aromatic N) is 2. The maximum Gasteiger partial charge on any atom is 0.121 e. The summed E-state index contributed by atoms with van der Waals surface area (Å²) in [6.07, 6.45) is 0. The van der Waals surface area contributed by atoms with Crippen molar-refractivity contribution in [2.45, 2.75) is 33.4 Å². The van der Waals surface area contributed by atoms with Crippen LogP contribution in [0.4, 0.5) is 0 Å². The van der Waals surface area contributed by atoms with Gasteiger partial charge in [0.05, 0.1) is 0 Å². The second-order valence-corrected chi connectivity index (χ2v) is 4.26. The summed E-state index contributed by atoms with van der Waals surface area (Å²) < 4.78 is 4.67. The molecule has 1 atom stereocenters. The van der Waals surface area contributed by atoms with Gasteiger partial charge in [0, 0.05) is 12.6 Å². The highest BCUT2D eigenvalue weighted by Gasteiger charge is 2.10. The molecule has 1 unspecified atom stereocenters. The zero-order chi connectivity index (χ0) is 12.3. The number of hydrogen-bond donors (Lipinski definition) is 1. The SMILES string of the molecule is Cc1ccccc1C(C)NCc1nonc1C. The van der Waals surface area contributed by atoms with Crippen LogP contribution in [0.25, 0.3) is 0 Å². The zero-order valence-electron chi connectivity index (χ0n) is 10.4. The molecule has 2 rings (SSSR count). The van der Waals surface area contributed by atoms with Crippen molar-refractivity contribution >= 4 is 0 Å². The fourth-order valence-electron chi connectivity index (χ4n) is 1.84. The first-order valence-electron chi connectivity index (χ1n) is 5.75. The summed E-state index contributed by atoms with van der Waals surface area (Å²) in [5, 5.41) is 11.0. The number of benzene rings is 1. The molecule has 0 radical (unpaired) electrons. The van der Waals surface area contributed by atoms with Crippen molar-refractivity contribution in [1.82, 2.24) is 15.6 Å². The maximum absolute atomic E-state index is 4.67. The molecule has 4 nitrogen and oxygen atoms in total. The Kier molecular flexibility index (Phi) is 3.54. The van der Waals surface area contributed by atoms with E-state index in [-0.39, 0.29) is 6.04 Å². The standard InChI is InChI=1S/C13H17N3O/c1-9-6-4-5-7-12(9)10(2)14-8-13-11(3)15-17-16-13/h4-7,10,14H,8H2,1-3H3. The molecule has 4 heteroatoms. The lowest BCUT2D eigenvalue weighted by Gasteiger charge is -2.15. The molecule has 0 amide bonds. The van der Waals surface area contributed by atoms with Crippen LogP contribution >= 0.6 is 0 Å². The van der Waals surface area contributed by atoms with Crippen LogP contribution in [0.2, 0.25) is 0 Å². The largest absolute Gasteiger partial charge is 0.304 e. The molecule has 0 saturated carbocycles. The first-order valence-corrected chi connectivity index (χ1v) is 5.75. The van der Waals surface area contributed by atoms with Gasteiger partial charge in [-0.2, -0.15) is 0 Å². The van der Waals surface area contributed by atoms with Gasteiger partial charge in [-0.25, -0.2) is 4.63 Å². The quantitative estimate of drug-likeness (QED) is 0.878. The summed E-state index contributed by atoms with van der Waals surface area (Å²) in [5.41, 5.74) is 4.31. The Morgan fingerprint density at radius 1 is 1.24 bits per heavy atom. The molecular weight excluding hydrogens is 214 g/mol. The van der Waals surface area contributed by atoms with Gasteiger partial charge in [-0.15, -0.1) is 0 Å². The van der Waals surface area contributed by atoms with E-state index in [0.29, 0.717) is 6.54 Å². The minimum Gasteiger partial charge on any atom is -0.304 e. The van der Waals surface area contributed by atoms with Crippen LogP contribution in [-0.4, -0.2) is 10.3 Å². The molecule has 0 aliphatic rings. The Labute approximate surface area is 101 Å². The van der Waals surface area contributed by atoms with Gasteiger partial charge in [0.25, 0.3) is 0 Å². The Balaban J connectivity index is 2.01. The molecule has 1 aromatic carbocycles. The minimum absolute atomic E-state index is 0.285. The summed E-state index contributed by atoms with van der Waals surface area (Å²) in [6, 6.07) is 8.66. The van der Waals surface area contributed by atoms with Crippen LogP contribution in [0.3, 0.4) is 0 Å². The van der Waals surface area contributed by atoms with Crippen molar-refractivity contribution in [3.05, 3.63) is 46.8 Å². The molecule has 1 aromatic heterocycles. The Hall–Kier alpha value is -1.68. The van der Waals surface area contributed by atoms with Crippen LogP contribution in [-0.2, 0) is 6.54 Å². The van der Waals surface area contributed by atoms with Crippen LogP contribution in [0.1, 0.15) is 35.5 Å². The molecule has 0 aliphatic heterocycles. The van der Waals surface area contributed by atoms with Crippen molar-refractivity contribution in [3.63, 3.8) is 0 Å². The lowest BCUT2D eigenvalue weighted by Crippen LogP contribution is -2.19. The van der Waals surface area contributed by atoms with E-state index in [1.54, 1.807) is 0 Å². The minimum atomic E-state index is 0.285. The molecule has 0 bridgehead atoms. The predicted molar refractivity (Wildman–Crippen MR) is 65.5 cm³/mol. The van der Waals surface area contributed by atoms with Gasteiger partial charge in [-0.05, 0) is 31.9 Å². The predicted octanol–water partition coefficient (Wildman–Crippen LogP) is 2.54. The molecular formula is C13H17N3O. The molecule has 90 valence electrons. The molecule has 0 spiro atoms. The van der Waals surface area contributed by atoms with E-state index in [9.17, 15) is 0 Å². The Morgan fingerprint density at radius 3 is 2.65 bits per heavy atom. The van der Waals surface area contributed by atoms with Crippen molar-refractivity contribution in [2.75, 3.05) is 0 Å². The van der Waals surface area contributed by atoms with Crippen LogP contribution in [0, 0.1) is 13.8 Å². The van der Waals surface area contributed by atoms with Gasteiger partial charge in [0.2, 0.25) is 0 Å². The van der Waals surface area contributed by atoms with Crippen molar-refractivity contribution in [2.24, 2.45) is 0 Å². The van der Waals surface area contributed by atoms with E-state index < -0.39 is 0 Å². The first-order chi connectivity index (χ1) is 8.18. The first kappa shape index (κ1) is 11.8. The van der Waals surface area contributed by atoms with E-state index >= 15 is 0 Å². The van der Waals surface area contributed by atoms with Gasteiger partial charge in [-0.1, -0.05) is 34.6 Å². The topological polar surface area (TPSA) is 51.0 Å². The van der Waals surface area contributed by atoms with E-state index in [1.165, 1.54) is 11.1 Å². The highest BCUT2D eigenvalue weighted by Crippen LogP contribution is 2.17. The number of hydrogen-bond acceptors (Lipinski definition) is 4. The van der Waals surface area contributed by atoms with E-state index in [4.69, 9.17) is 0 Å². The van der Waals surface area contributed by atoms with Gasteiger partial charge in [0.15, 0.2) is 0 Å². The Morgan fingerprint density at radius 2 is 2.00 bits per heavy atom. The summed E-state index contributed by atoms with van der Waals surface area (Å²) in [7, 11) is 0. The van der Waals surface area contributed by atoms with Gasteiger partial charge in [0.1, 0.15) is 11.4 Å². The van der Waals surface area contributed by atoms with E-state index in [1.807, 2.05) is 6.92 Å². The maximum atomic E-state index is 4.67. The van der Waals surface area contributed by atoms with Crippen molar-refractivity contribution in [1.29, 1.82) is 0 Å². The highest BCUT2D eigenvalue weighted by molar-refractivity contribution is 5.28. The second-order valence-electron chi connectivity index (χ2n) is 4.26. The van der Waals surface area contributed by atoms with Crippen LogP contribution in [0.5, 0.6) is 0 Å². The Bertz CT molecular complexity index is 493. The molecule has 0 saturated heterocycles. The second kappa shape index (κ2) is 5.10. The molecule has 2 aromatic rings. The van der Waals surface area contributed by atoms with E-state index in [0.717, 1.165) is 11.4 Å². The number of nitrogens with one attached hydrogen (secondary N) is 1. The monoisotopic (exact) mass is 231 g/mol. The normalized spacial score (nSPS) is 12.6. The third-order valence-electron chi connectivity index (χ3n) is 2.98. The fourth-order valence-corrected chi connectivity index (χ4v) is 1.84. The third kappa shape index (κ3) is 2.71. The summed E-state index contributed by atoms with van der Waals surface area (Å²) >= 11 is 0. The lowest BCUT2D eigenvalue weighted by molar-refractivity contribution is 0.300. The molecule has 0 fully saturated rings. The number of rotatable bonds is 4.